The van der Waals surface area contributed by atoms with Gasteiger partial charge in [-0.15, -0.1) is 0 Å². The van der Waals surface area contributed by atoms with Gasteiger partial charge in [0.05, 0.1) is 18.3 Å². The Balaban J connectivity index is 1.59. The van der Waals surface area contributed by atoms with Gasteiger partial charge in [-0.25, -0.2) is 4.79 Å². The van der Waals surface area contributed by atoms with Crippen molar-refractivity contribution in [2.75, 3.05) is 13.1 Å². The number of aromatic nitrogens is 2. The molecule has 1 N–H and O–H groups in total. The van der Waals surface area contributed by atoms with Gasteiger partial charge in [0.1, 0.15) is 17.5 Å². The molecule has 2 aromatic rings. The Morgan fingerprint density at radius 2 is 2.23 bits per heavy atom. The molecule has 6 nitrogen and oxygen atoms in total. The number of carbonyl (C=O) groups excluding carboxylic acids is 1. The highest BCUT2D eigenvalue weighted by molar-refractivity contribution is 5.79. The van der Waals surface area contributed by atoms with Crippen molar-refractivity contribution in [1.29, 1.82) is 0 Å². The lowest BCUT2D eigenvalue weighted by atomic mass is 10.2. The number of carbonyl (C=O) groups is 1. The maximum absolute atomic E-state index is 12.0. The van der Waals surface area contributed by atoms with Crippen LogP contribution in [-0.4, -0.2) is 46.0 Å². The van der Waals surface area contributed by atoms with E-state index in [1.54, 1.807) is 11.1 Å². The molecule has 0 spiro atoms. The van der Waals surface area contributed by atoms with E-state index >= 15 is 0 Å². The van der Waals surface area contributed by atoms with Crippen LogP contribution in [0, 0.1) is 0 Å². The number of amides is 1. The van der Waals surface area contributed by atoms with Crippen molar-refractivity contribution in [2.45, 2.75) is 38.9 Å². The molecule has 1 aromatic carbocycles. The molecule has 6 heteroatoms. The van der Waals surface area contributed by atoms with Crippen LogP contribution in [0.5, 0.6) is 5.75 Å². The Kier molecular flexibility index (Phi) is 3.68. The number of nitrogens with zero attached hydrogens (tertiary/aromatic N) is 2. The Morgan fingerprint density at radius 1 is 1.41 bits per heavy atom. The molecule has 1 atom stereocenters. The molecule has 0 unspecified atom stereocenters. The molecule has 0 bridgehead atoms. The van der Waals surface area contributed by atoms with E-state index in [2.05, 4.69) is 10.2 Å². The lowest BCUT2D eigenvalue weighted by Gasteiger charge is -2.24. The fourth-order valence-electron chi connectivity index (χ4n) is 2.50. The number of hydrogen-bond donors (Lipinski definition) is 1. The molecule has 1 amide bonds. The highest BCUT2D eigenvalue weighted by Gasteiger charge is 2.30. The van der Waals surface area contributed by atoms with E-state index in [9.17, 15) is 4.79 Å². The van der Waals surface area contributed by atoms with Crippen LogP contribution in [0.15, 0.2) is 24.4 Å². The topological polar surface area (TPSA) is 67.4 Å². The summed E-state index contributed by atoms with van der Waals surface area (Å²) in [6.45, 7) is 6.82. The van der Waals surface area contributed by atoms with Gasteiger partial charge in [0.2, 0.25) is 0 Å². The van der Waals surface area contributed by atoms with Crippen molar-refractivity contribution in [2.24, 2.45) is 0 Å². The van der Waals surface area contributed by atoms with Gasteiger partial charge in [0.15, 0.2) is 0 Å². The van der Waals surface area contributed by atoms with Crippen LogP contribution in [0.2, 0.25) is 0 Å². The fourth-order valence-corrected chi connectivity index (χ4v) is 2.50. The zero-order valence-electron chi connectivity index (χ0n) is 13.1. The predicted molar refractivity (Wildman–Crippen MR) is 82.9 cm³/mol. The van der Waals surface area contributed by atoms with Crippen LogP contribution in [0.1, 0.15) is 27.2 Å². The first-order valence-electron chi connectivity index (χ1n) is 7.48. The quantitative estimate of drug-likeness (QED) is 0.926. The standard InChI is InChI=1S/C16H21N3O3/c1-16(2,3)22-15(20)19-7-6-13(10-19)21-12-4-5-14-11(8-12)9-17-18-14/h4-5,8-9,13H,6-7,10H2,1-3H3,(H,17,18)/t13-/m1/s1. The maximum atomic E-state index is 12.0. The maximum Gasteiger partial charge on any atom is 0.410 e. The van der Waals surface area contributed by atoms with Crippen molar-refractivity contribution in [3.05, 3.63) is 24.4 Å². The minimum Gasteiger partial charge on any atom is -0.488 e. The molecule has 0 aliphatic carbocycles. The average molecular weight is 303 g/mol. The second kappa shape index (κ2) is 5.51. The van der Waals surface area contributed by atoms with Crippen LogP contribution in [-0.2, 0) is 4.74 Å². The molecule has 1 fully saturated rings. The molecule has 1 aliphatic rings. The van der Waals surface area contributed by atoms with Crippen molar-refractivity contribution >= 4 is 17.0 Å². The molecule has 3 rings (SSSR count). The van der Waals surface area contributed by atoms with E-state index in [0.717, 1.165) is 23.1 Å². The monoisotopic (exact) mass is 303 g/mol. The molecular formula is C16H21N3O3. The van der Waals surface area contributed by atoms with Crippen LogP contribution < -0.4 is 4.74 Å². The minimum absolute atomic E-state index is 0.00290. The zero-order chi connectivity index (χ0) is 15.7. The Morgan fingerprint density at radius 3 is 3.00 bits per heavy atom. The zero-order valence-corrected chi connectivity index (χ0v) is 13.1. The molecule has 0 radical (unpaired) electrons. The molecule has 1 saturated heterocycles. The first kappa shape index (κ1) is 14.7. The largest absolute Gasteiger partial charge is 0.488 e. The van der Waals surface area contributed by atoms with Crippen molar-refractivity contribution < 1.29 is 14.3 Å². The van der Waals surface area contributed by atoms with Crippen molar-refractivity contribution in [3.63, 3.8) is 0 Å². The van der Waals surface area contributed by atoms with Gasteiger partial charge < -0.3 is 14.4 Å². The highest BCUT2D eigenvalue weighted by atomic mass is 16.6. The van der Waals surface area contributed by atoms with Crippen molar-refractivity contribution in [3.8, 4) is 5.75 Å². The second-order valence-electron chi connectivity index (χ2n) is 6.57. The smallest absolute Gasteiger partial charge is 0.410 e. The van der Waals surface area contributed by atoms with Gasteiger partial charge >= 0.3 is 6.09 Å². The van der Waals surface area contributed by atoms with E-state index in [4.69, 9.17) is 9.47 Å². The van der Waals surface area contributed by atoms with Gasteiger partial charge in [-0.3, -0.25) is 5.10 Å². The third-order valence-electron chi connectivity index (χ3n) is 3.51. The van der Waals surface area contributed by atoms with Crippen LogP contribution in [0.3, 0.4) is 0 Å². The first-order valence-corrected chi connectivity index (χ1v) is 7.48. The Hall–Kier alpha value is -2.24. The summed E-state index contributed by atoms with van der Waals surface area (Å²) in [6, 6.07) is 5.81. The fraction of sp³-hybridized carbons (Fsp3) is 0.500. The highest BCUT2D eigenvalue weighted by Crippen LogP contribution is 2.23. The molecule has 0 saturated carbocycles. The summed E-state index contributed by atoms with van der Waals surface area (Å²) in [5, 5.41) is 7.92. The number of ether oxygens (including phenoxy) is 2. The van der Waals surface area contributed by atoms with E-state index in [1.165, 1.54) is 0 Å². The SMILES string of the molecule is CC(C)(C)OC(=O)N1CC[C@@H](Oc2ccc3[nH]ncc3c2)C1. The summed E-state index contributed by atoms with van der Waals surface area (Å²) >= 11 is 0. The summed E-state index contributed by atoms with van der Waals surface area (Å²) in [4.78, 5) is 13.7. The predicted octanol–water partition coefficient (Wildman–Crippen LogP) is 2.95. The normalized spacial score (nSPS) is 18.7. The summed E-state index contributed by atoms with van der Waals surface area (Å²) in [5.74, 6) is 0.796. The lowest BCUT2D eigenvalue weighted by molar-refractivity contribution is 0.0275. The number of fused-ring (bicyclic) bond motifs is 1. The second-order valence-corrected chi connectivity index (χ2v) is 6.57. The van der Waals surface area contributed by atoms with Gasteiger partial charge in [0.25, 0.3) is 0 Å². The molecule has 118 valence electrons. The Bertz CT molecular complexity index is 675. The molecule has 22 heavy (non-hydrogen) atoms. The number of H-pyrrole nitrogens is 1. The third-order valence-corrected chi connectivity index (χ3v) is 3.51. The number of benzene rings is 1. The van der Waals surface area contributed by atoms with Gasteiger partial charge in [-0.1, -0.05) is 0 Å². The van der Waals surface area contributed by atoms with E-state index < -0.39 is 5.60 Å². The summed E-state index contributed by atoms with van der Waals surface area (Å²) in [7, 11) is 0. The molecule has 2 heterocycles. The summed E-state index contributed by atoms with van der Waals surface area (Å²) in [5.41, 5.74) is 0.511. The molecule has 1 aromatic heterocycles. The number of likely N-dealkylation sites (tertiary alicyclic amines) is 1. The minimum atomic E-state index is -0.470. The van der Waals surface area contributed by atoms with E-state index in [0.29, 0.717) is 13.1 Å². The molecular weight excluding hydrogens is 282 g/mol. The van der Waals surface area contributed by atoms with Gasteiger partial charge in [-0.2, -0.15) is 5.10 Å². The number of hydrogen-bond acceptors (Lipinski definition) is 4. The third kappa shape index (κ3) is 3.32. The number of aromatic amines is 1. The van der Waals surface area contributed by atoms with Crippen molar-refractivity contribution in [1.82, 2.24) is 15.1 Å². The summed E-state index contributed by atoms with van der Waals surface area (Å²) in [6.07, 6.45) is 2.30. The lowest BCUT2D eigenvalue weighted by Crippen LogP contribution is -2.36. The first-order chi connectivity index (χ1) is 10.4. The van der Waals surface area contributed by atoms with Crippen LogP contribution in [0.4, 0.5) is 4.79 Å². The van der Waals surface area contributed by atoms with E-state index in [1.807, 2.05) is 39.0 Å². The van der Waals surface area contributed by atoms with Gasteiger partial charge in [0, 0.05) is 18.4 Å². The Labute approximate surface area is 129 Å². The summed E-state index contributed by atoms with van der Waals surface area (Å²) < 4.78 is 11.4. The van der Waals surface area contributed by atoms with Crippen LogP contribution >= 0.6 is 0 Å². The number of nitrogens with one attached hydrogen (secondary N) is 1. The number of rotatable bonds is 2. The van der Waals surface area contributed by atoms with Crippen LogP contribution in [0.25, 0.3) is 10.9 Å². The average Bonchev–Trinajstić information content (AvgIpc) is 3.04. The van der Waals surface area contributed by atoms with Gasteiger partial charge in [-0.05, 0) is 39.0 Å². The van der Waals surface area contributed by atoms with E-state index in [-0.39, 0.29) is 12.2 Å². The molecule has 1 aliphatic heterocycles.